The number of rotatable bonds is 7. The third-order valence-electron chi connectivity index (χ3n) is 9.28. The largest absolute Gasteiger partial charge is 0.310 e. The van der Waals surface area contributed by atoms with Crippen molar-refractivity contribution >= 4 is 66.7 Å². The van der Waals surface area contributed by atoms with E-state index in [0.717, 1.165) is 39.8 Å². The van der Waals surface area contributed by atoms with E-state index in [4.69, 9.17) is 0 Å². The minimum absolute atomic E-state index is 1.11. The maximum Gasteiger partial charge on any atom is 0.0561 e. The number of hydrogen-bond donors (Lipinski definition) is 0. The fourth-order valence-electron chi connectivity index (χ4n) is 7.07. The zero-order valence-electron chi connectivity index (χ0n) is 26.9. The maximum atomic E-state index is 2.42. The predicted molar refractivity (Wildman–Crippen MR) is 208 cm³/mol. The van der Waals surface area contributed by atoms with Crippen LogP contribution in [-0.2, 0) is 0 Å². The monoisotopic (exact) mass is 627 g/mol. The van der Waals surface area contributed by atoms with E-state index >= 15 is 0 Å². The van der Waals surface area contributed by atoms with Gasteiger partial charge in [-0.05, 0) is 108 Å². The molecule has 0 atom stereocenters. The van der Waals surface area contributed by atoms with E-state index in [0.29, 0.717) is 0 Å². The van der Waals surface area contributed by atoms with Crippen LogP contribution in [0.15, 0.2) is 200 Å². The lowest BCUT2D eigenvalue weighted by molar-refractivity contribution is 1.18. The van der Waals surface area contributed by atoms with Crippen molar-refractivity contribution in [1.29, 1.82) is 0 Å². The van der Waals surface area contributed by atoms with Gasteiger partial charge >= 0.3 is 0 Å². The molecule has 49 heavy (non-hydrogen) atoms. The summed E-state index contributed by atoms with van der Waals surface area (Å²) in [7, 11) is 0. The molecule has 0 saturated heterocycles. The molecule has 0 radical (unpaired) electrons. The Labute approximate surface area is 286 Å². The summed E-state index contributed by atoms with van der Waals surface area (Å²) in [5.74, 6) is 0. The summed E-state index contributed by atoms with van der Waals surface area (Å²) in [6.07, 6.45) is 0. The van der Waals surface area contributed by atoms with Crippen molar-refractivity contribution in [2.75, 3.05) is 9.80 Å². The number of nitrogens with zero attached hydrogens (tertiary/aromatic N) is 3. The highest BCUT2D eigenvalue weighted by molar-refractivity contribution is 6.14. The number of anilines is 6. The van der Waals surface area contributed by atoms with Crippen LogP contribution in [0.5, 0.6) is 0 Å². The molecule has 9 rings (SSSR count). The molecule has 1 heterocycles. The molecule has 9 aromatic rings. The number of aromatic nitrogens is 1. The van der Waals surface area contributed by atoms with E-state index in [1.54, 1.807) is 0 Å². The highest BCUT2D eigenvalue weighted by atomic mass is 15.1. The smallest absolute Gasteiger partial charge is 0.0561 e. The van der Waals surface area contributed by atoms with Crippen LogP contribution in [-0.4, -0.2) is 4.57 Å². The van der Waals surface area contributed by atoms with Crippen molar-refractivity contribution in [3.8, 4) is 5.69 Å². The third kappa shape index (κ3) is 5.18. The van der Waals surface area contributed by atoms with Crippen LogP contribution in [0.25, 0.3) is 38.3 Å². The molecule has 8 aromatic carbocycles. The standard InChI is InChI=1S/C46H33N3/c1-6-16-36(17-7-1)47(37-18-8-2-9-19-37)41-27-26-34-31-44-43-29-28-42(48(38-20-10-3-11-21-38)39-22-12-4-13-23-39)33-46(43)49(40-24-14-5-15-25-40)45(44)32-35(34)30-41/h1-33H. The first-order chi connectivity index (χ1) is 24.3. The Hall–Kier alpha value is -6.58. The van der Waals surface area contributed by atoms with Crippen molar-refractivity contribution in [3.63, 3.8) is 0 Å². The molecule has 1 aromatic heterocycles. The van der Waals surface area contributed by atoms with Crippen molar-refractivity contribution in [2.24, 2.45) is 0 Å². The van der Waals surface area contributed by atoms with Crippen molar-refractivity contribution in [1.82, 2.24) is 4.57 Å². The van der Waals surface area contributed by atoms with Crippen LogP contribution in [0.3, 0.4) is 0 Å². The molecule has 0 saturated carbocycles. The SMILES string of the molecule is c1ccc(N(c2ccccc2)c2ccc3cc4c5ccc(N(c6ccccc6)c6ccccc6)cc5n(-c5ccccc5)c4cc3c2)cc1. The minimum Gasteiger partial charge on any atom is -0.310 e. The summed E-state index contributed by atoms with van der Waals surface area (Å²) < 4.78 is 2.42. The molecular formula is C46H33N3. The van der Waals surface area contributed by atoms with E-state index in [-0.39, 0.29) is 0 Å². The summed E-state index contributed by atoms with van der Waals surface area (Å²) in [6, 6.07) is 71.5. The highest BCUT2D eigenvalue weighted by Crippen LogP contribution is 2.42. The predicted octanol–water partition coefficient (Wildman–Crippen LogP) is 12.9. The van der Waals surface area contributed by atoms with Crippen LogP contribution in [0, 0.1) is 0 Å². The van der Waals surface area contributed by atoms with E-state index < -0.39 is 0 Å². The first kappa shape index (κ1) is 28.6. The molecule has 3 heteroatoms. The van der Waals surface area contributed by atoms with E-state index in [2.05, 4.69) is 215 Å². The molecule has 0 unspecified atom stereocenters. The summed E-state index contributed by atoms with van der Waals surface area (Å²) in [5, 5.41) is 4.87. The zero-order valence-corrected chi connectivity index (χ0v) is 26.9. The van der Waals surface area contributed by atoms with Gasteiger partial charge in [0.2, 0.25) is 0 Å². The van der Waals surface area contributed by atoms with E-state index in [9.17, 15) is 0 Å². The molecule has 0 bridgehead atoms. The van der Waals surface area contributed by atoms with Crippen LogP contribution in [0.1, 0.15) is 0 Å². The van der Waals surface area contributed by atoms with Gasteiger partial charge in [0.25, 0.3) is 0 Å². The minimum atomic E-state index is 1.11. The normalized spacial score (nSPS) is 11.3. The molecule has 0 aliphatic rings. The van der Waals surface area contributed by atoms with Crippen molar-refractivity contribution in [2.45, 2.75) is 0 Å². The van der Waals surface area contributed by atoms with Crippen LogP contribution >= 0.6 is 0 Å². The number of benzene rings is 8. The summed E-state index contributed by atoms with van der Waals surface area (Å²) in [5.41, 5.74) is 10.2. The Morgan fingerprint density at radius 2 is 0.714 bits per heavy atom. The average molecular weight is 628 g/mol. The third-order valence-corrected chi connectivity index (χ3v) is 9.28. The molecule has 3 nitrogen and oxygen atoms in total. The lowest BCUT2D eigenvalue weighted by Gasteiger charge is -2.25. The summed E-state index contributed by atoms with van der Waals surface area (Å²) in [4.78, 5) is 4.65. The Kier molecular flexibility index (Phi) is 7.14. The van der Waals surface area contributed by atoms with Gasteiger partial charge in [-0.2, -0.15) is 0 Å². The number of fused-ring (bicyclic) bond motifs is 4. The van der Waals surface area contributed by atoms with Gasteiger partial charge in [0.15, 0.2) is 0 Å². The van der Waals surface area contributed by atoms with E-state index in [1.807, 2.05) is 0 Å². The summed E-state index contributed by atoms with van der Waals surface area (Å²) in [6.45, 7) is 0. The lowest BCUT2D eigenvalue weighted by Crippen LogP contribution is -2.09. The molecule has 0 aliphatic heterocycles. The second-order valence-corrected chi connectivity index (χ2v) is 12.3. The van der Waals surface area contributed by atoms with E-state index in [1.165, 1.54) is 32.6 Å². The highest BCUT2D eigenvalue weighted by Gasteiger charge is 2.19. The van der Waals surface area contributed by atoms with Crippen molar-refractivity contribution in [3.05, 3.63) is 200 Å². The zero-order chi connectivity index (χ0) is 32.6. The second-order valence-electron chi connectivity index (χ2n) is 12.3. The molecule has 0 N–H and O–H groups in total. The lowest BCUT2D eigenvalue weighted by atomic mass is 10.0. The maximum absolute atomic E-state index is 2.42. The van der Waals surface area contributed by atoms with Crippen LogP contribution in [0.4, 0.5) is 34.1 Å². The van der Waals surface area contributed by atoms with Crippen molar-refractivity contribution < 1.29 is 0 Å². The first-order valence-electron chi connectivity index (χ1n) is 16.7. The summed E-state index contributed by atoms with van der Waals surface area (Å²) >= 11 is 0. The van der Waals surface area contributed by atoms with Gasteiger partial charge in [-0.25, -0.2) is 0 Å². The van der Waals surface area contributed by atoms with Gasteiger partial charge in [-0.3, -0.25) is 0 Å². The molecule has 0 amide bonds. The Morgan fingerprint density at radius 1 is 0.286 bits per heavy atom. The number of hydrogen-bond acceptors (Lipinski definition) is 2. The molecule has 232 valence electrons. The molecular weight excluding hydrogens is 595 g/mol. The van der Waals surface area contributed by atoms with Crippen LogP contribution in [0.2, 0.25) is 0 Å². The Bertz CT molecular complexity index is 2450. The van der Waals surface area contributed by atoms with Gasteiger partial charge in [0.1, 0.15) is 0 Å². The second kappa shape index (κ2) is 12.2. The van der Waals surface area contributed by atoms with Gasteiger partial charge < -0.3 is 14.4 Å². The molecule has 0 spiro atoms. The number of para-hydroxylation sites is 5. The molecule has 0 aliphatic carbocycles. The average Bonchev–Trinajstić information content (AvgIpc) is 3.48. The fourth-order valence-corrected chi connectivity index (χ4v) is 7.07. The first-order valence-corrected chi connectivity index (χ1v) is 16.7. The van der Waals surface area contributed by atoms with Gasteiger partial charge in [0, 0.05) is 50.6 Å². The van der Waals surface area contributed by atoms with Gasteiger partial charge in [-0.15, -0.1) is 0 Å². The van der Waals surface area contributed by atoms with Crippen LogP contribution < -0.4 is 9.80 Å². The topological polar surface area (TPSA) is 11.4 Å². The van der Waals surface area contributed by atoms with Gasteiger partial charge in [0.05, 0.1) is 11.0 Å². The fraction of sp³-hybridized carbons (Fsp3) is 0. The van der Waals surface area contributed by atoms with Gasteiger partial charge in [-0.1, -0.05) is 103 Å². The molecule has 0 fully saturated rings. The quantitative estimate of drug-likeness (QED) is 0.174. The Morgan fingerprint density at radius 3 is 1.22 bits per heavy atom. The Balaban J connectivity index is 1.27.